The number of amides is 2. The first-order valence-electron chi connectivity index (χ1n) is 14.2. The summed E-state index contributed by atoms with van der Waals surface area (Å²) in [6.45, 7) is 5.01. The monoisotopic (exact) mass is 494 g/mol. The maximum Gasteiger partial charge on any atom is 0.237 e. The van der Waals surface area contributed by atoms with E-state index in [4.69, 9.17) is 4.74 Å². The number of piperazine rings is 1. The van der Waals surface area contributed by atoms with Gasteiger partial charge >= 0.3 is 0 Å². The molecular weight excluding hydrogens is 452 g/mol. The minimum atomic E-state index is 0.0254. The van der Waals surface area contributed by atoms with Gasteiger partial charge < -0.3 is 15.0 Å². The highest BCUT2D eigenvalue weighted by atomic mass is 16.5. The van der Waals surface area contributed by atoms with Gasteiger partial charge in [0.15, 0.2) is 0 Å². The Kier molecular flexibility index (Phi) is 6.71. The van der Waals surface area contributed by atoms with Crippen molar-refractivity contribution in [1.29, 1.82) is 0 Å². The van der Waals surface area contributed by atoms with Gasteiger partial charge in [-0.2, -0.15) is 0 Å². The second-order valence-corrected chi connectivity index (χ2v) is 12.4. The van der Waals surface area contributed by atoms with Crippen molar-refractivity contribution in [1.82, 2.24) is 20.0 Å². The second-order valence-electron chi connectivity index (χ2n) is 12.4. The minimum absolute atomic E-state index is 0.0254. The zero-order chi connectivity index (χ0) is 24.7. The van der Waals surface area contributed by atoms with Crippen LogP contribution in [0.5, 0.6) is 5.75 Å². The van der Waals surface area contributed by atoms with E-state index in [-0.39, 0.29) is 17.4 Å². The molecule has 6 aliphatic rings. The molecule has 36 heavy (non-hydrogen) atoms. The molecule has 5 aliphatic carbocycles. The molecule has 7 rings (SSSR count). The molecule has 1 heterocycles. The van der Waals surface area contributed by atoms with Crippen molar-refractivity contribution in [2.75, 3.05) is 46.4 Å². The van der Waals surface area contributed by atoms with Crippen LogP contribution < -0.4 is 10.1 Å². The summed E-state index contributed by atoms with van der Waals surface area (Å²) in [6, 6.07) is 8.65. The zero-order valence-corrected chi connectivity index (χ0v) is 21.8. The number of nitrogens with zero attached hydrogens (tertiary/aromatic N) is 3. The largest absolute Gasteiger partial charge is 0.497 e. The van der Waals surface area contributed by atoms with Gasteiger partial charge in [0.1, 0.15) is 5.75 Å². The van der Waals surface area contributed by atoms with E-state index in [9.17, 15) is 9.59 Å². The van der Waals surface area contributed by atoms with E-state index in [0.717, 1.165) is 68.1 Å². The minimum Gasteiger partial charge on any atom is -0.497 e. The van der Waals surface area contributed by atoms with Gasteiger partial charge in [0.2, 0.25) is 11.8 Å². The lowest BCUT2D eigenvalue weighted by molar-refractivity contribution is -0.154. The molecule has 1 saturated heterocycles. The van der Waals surface area contributed by atoms with Crippen LogP contribution in [-0.2, 0) is 16.1 Å². The zero-order valence-electron chi connectivity index (χ0n) is 21.8. The first-order chi connectivity index (χ1) is 17.5. The molecule has 7 nitrogen and oxygen atoms in total. The third-order valence-electron chi connectivity index (χ3n) is 9.49. The molecule has 2 amide bonds. The number of ether oxygens (including phenoxy) is 1. The summed E-state index contributed by atoms with van der Waals surface area (Å²) in [5, 5.41) is 3.09. The highest BCUT2D eigenvalue weighted by Crippen LogP contribution is 2.58. The average molecular weight is 495 g/mol. The average Bonchev–Trinajstić information content (AvgIpc) is 3.67. The molecule has 1 aliphatic heterocycles. The van der Waals surface area contributed by atoms with Crippen molar-refractivity contribution in [2.24, 2.45) is 17.8 Å². The van der Waals surface area contributed by atoms with Crippen molar-refractivity contribution in [2.45, 2.75) is 69.5 Å². The predicted octanol–water partition coefficient (Wildman–Crippen LogP) is 2.89. The molecule has 0 aromatic heterocycles. The van der Waals surface area contributed by atoms with Gasteiger partial charge in [-0.05, 0) is 86.8 Å². The molecule has 1 aromatic carbocycles. The van der Waals surface area contributed by atoms with Gasteiger partial charge in [-0.15, -0.1) is 0 Å². The number of hydrogen-bond acceptors (Lipinski definition) is 5. The third-order valence-corrected chi connectivity index (χ3v) is 9.49. The summed E-state index contributed by atoms with van der Waals surface area (Å²) >= 11 is 0. The van der Waals surface area contributed by atoms with Crippen molar-refractivity contribution >= 4 is 11.8 Å². The normalized spacial score (nSPS) is 31.9. The number of carbonyl (C=O) groups is 2. The van der Waals surface area contributed by atoms with Crippen LogP contribution in [0.2, 0.25) is 0 Å². The lowest BCUT2D eigenvalue weighted by atomic mass is 9.52. The summed E-state index contributed by atoms with van der Waals surface area (Å²) in [5.41, 5.74) is 1.18. The number of methoxy groups -OCH3 is 1. The number of nitrogens with one attached hydrogen (secondary N) is 1. The van der Waals surface area contributed by atoms with Crippen LogP contribution in [-0.4, -0.2) is 84.5 Å². The second kappa shape index (κ2) is 9.97. The summed E-state index contributed by atoms with van der Waals surface area (Å²) in [7, 11) is 1.70. The Hall–Kier alpha value is -2.12. The Labute approximate surface area is 215 Å². The summed E-state index contributed by atoms with van der Waals surface area (Å²) in [6.07, 6.45) is 9.90. The Morgan fingerprint density at radius 2 is 1.58 bits per heavy atom. The maximum atomic E-state index is 14.0. The molecular formula is C29H42N4O3. The molecule has 6 fully saturated rings. The van der Waals surface area contributed by atoms with E-state index in [0.29, 0.717) is 25.7 Å². The Bertz CT molecular complexity index is 934. The van der Waals surface area contributed by atoms with E-state index in [2.05, 4.69) is 32.1 Å². The van der Waals surface area contributed by atoms with Gasteiger partial charge in [-0.25, -0.2) is 0 Å². The van der Waals surface area contributed by atoms with Gasteiger partial charge in [0, 0.05) is 44.3 Å². The van der Waals surface area contributed by atoms with Crippen LogP contribution in [0.3, 0.4) is 0 Å². The molecule has 4 bridgehead atoms. The van der Waals surface area contributed by atoms with Gasteiger partial charge in [0.25, 0.3) is 0 Å². The standard InChI is InChI=1S/C29H42N4O3/c1-36-26-4-2-3-21(14-26)18-33(29-15-22-11-23(16-29)13-24(12-22)17-29)28(35)20-32-9-7-31(8-10-32)19-27(34)30-25-5-6-25/h2-4,14,22-25H,5-13,15-20H2,1H3,(H,30,34). The lowest BCUT2D eigenvalue weighted by Gasteiger charge is -2.60. The molecule has 0 radical (unpaired) electrons. The number of benzene rings is 1. The molecule has 196 valence electrons. The van der Waals surface area contributed by atoms with Crippen molar-refractivity contribution in [3.63, 3.8) is 0 Å². The van der Waals surface area contributed by atoms with Crippen LogP contribution in [0.25, 0.3) is 0 Å². The number of carbonyl (C=O) groups excluding carboxylic acids is 2. The van der Waals surface area contributed by atoms with Crippen molar-refractivity contribution < 1.29 is 14.3 Å². The smallest absolute Gasteiger partial charge is 0.237 e. The highest BCUT2D eigenvalue weighted by Gasteiger charge is 2.54. The van der Waals surface area contributed by atoms with Crippen LogP contribution in [0.15, 0.2) is 24.3 Å². The van der Waals surface area contributed by atoms with E-state index in [1.54, 1.807) is 7.11 Å². The molecule has 7 heteroatoms. The predicted molar refractivity (Wildman–Crippen MR) is 138 cm³/mol. The topological polar surface area (TPSA) is 65.1 Å². The summed E-state index contributed by atoms with van der Waals surface area (Å²) < 4.78 is 5.48. The Morgan fingerprint density at radius 3 is 2.17 bits per heavy atom. The SMILES string of the molecule is COc1cccc(CN(C(=O)CN2CCN(CC(=O)NC3CC3)CC2)C23CC4CC(CC(C4)C2)C3)c1. The fourth-order valence-electron chi connectivity index (χ4n) is 7.96. The van der Waals surface area contributed by atoms with Crippen LogP contribution in [0.1, 0.15) is 56.9 Å². The first kappa shape index (κ1) is 24.2. The number of hydrogen-bond donors (Lipinski definition) is 1. The van der Waals surface area contributed by atoms with Gasteiger partial charge in [-0.3, -0.25) is 19.4 Å². The molecule has 0 atom stereocenters. The molecule has 0 unspecified atom stereocenters. The fraction of sp³-hybridized carbons (Fsp3) is 0.724. The van der Waals surface area contributed by atoms with Crippen molar-refractivity contribution in [3.8, 4) is 5.75 Å². The van der Waals surface area contributed by atoms with E-state index >= 15 is 0 Å². The van der Waals surface area contributed by atoms with Crippen LogP contribution in [0.4, 0.5) is 0 Å². The summed E-state index contributed by atoms with van der Waals surface area (Å²) in [5.74, 6) is 3.66. The van der Waals surface area contributed by atoms with E-state index in [1.807, 2.05) is 12.1 Å². The first-order valence-corrected chi connectivity index (χ1v) is 14.2. The van der Waals surface area contributed by atoms with Gasteiger partial charge in [-0.1, -0.05) is 12.1 Å². The number of rotatable bonds is 9. The Morgan fingerprint density at radius 1 is 0.972 bits per heavy atom. The summed E-state index contributed by atoms with van der Waals surface area (Å²) in [4.78, 5) is 33.1. The Balaban J connectivity index is 1.13. The van der Waals surface area contributed by atoms with Crippen molar-refractivity contribution in [3.05, 3.63) is 29.8 Å². The molecule has 0 spiro atoms. The van der Waals surface area contributed by atoms with Gasteiger partial charge in [0.05, 0.1) is 20.2 Å². The maximum absolute atomic E-state index is 14.0. The quantitative estimate of drug-likeness (QED) is 0.572. The van der Waals surface area contributed by atoms with E-state index < -0.39 is 0 Å². The molecule has 1 aromatic rings. The van der Waals surface area contributed by atoms with Crippen LogP contribution in [0, 0.1) is 17.8 Å². The molecule has 1 N–H and O–H groups in total. The molecule has 5 saturated carbocycles. The van der Waals surface area contributed by atoms with Crippen LogP contribution >= 0.6 is 0 Å². The fourth-order valence-corrected chi connectivity index (χ4v) is 7.96. The highest BCUT2D eigenvalue weighted by molar-refractivity contribution is 5.79. The third kappa shape index (κ3) is 5.28. The van der Waals surface area contributed by atoms with E-state index in [1.165, 1.54) is 38.5 Å². The lowest BCUT2D eigenvalue weighted by Crippen LogP contribution is -2.62.